The zero-order valence-electron chi connectivity index (χ0n) is 15.1. The first-order valence-corrected chi connectivity index (χ1v) is 9.29. The number of hydrogen-bond donors (Lipinski definition) is 2. The highest BCUT2D eigenvalue weighted by Crippen LogP contribution is 2.28. The molecular weight excluding hydrogens is 342 g/mol. The van der Waals surface area contributed by atoms with E-state index in [2.05, 4.69) is 28.5 Å². The van der Waals surface area contributed by atoms with Gasteiger partial charge in [0.2, 0.25) is 5.91 Å². The van der Waals surface area contributed by atoms with E-state index in [0.29, 0.717) is 31.0 Å². The van der Waals surface area contributed by atoms with Gasteiger partial charge in [-0.15, -0.1) is 0 Å². The normalized spacial score (nSPS) is 16.9. The molecule has 2 aromatic rings. The molecule has 6 heteroatoms. The second kappa shape index (κ2) is 7.90. The molecule has 4 rings (SSSR count). The smallest absolute Gasteiger partial charge is 0.239 e. The number of carbonyl (C=O) groups is 1. The minimum absolute atomic E-state index is 0.112. The van der Waals surface area contributed by atoms with Gasteiger partial charge in [0.25, 0.3) is 0 Å². The van der Waals surface area contributed by atoms with Crippen LogP contribution in [0, 0.1) is 0 Å². The van der Waals surface area contributed by atoms with E-state index in [1.54, 1.807) is 18.3 Å². The number of aliphatic hydroxyl groups is 1. The monoisotopic (exact) mass is 365 g/mol. The Morgan fingerprint density at radius 3 is 2.89 bits per heavy atom. The molecule has 0 saturated carbocycles. The van der Waals surface area contributed by atoms with Crippen LogP contribution in [0.5, 0.6) is 11.5 Å². The van der Waals surface area contributed by atoms with Crippen LogP contribution >= 0.6 is 0 Å². The molecule has 140 valence electrons. The first kappa shape index (κ1) is 17.7. The fraction of sp³-hybridized carbons (Fsp3) is 0.333. The van der Waals surface area contributed by atoms with Crippen LogP contribution in [0.25, 0.3) is 6.08 Å². The minimum atomic E-state index is -0.241. The van der Waals surface area contributed by atoms with Crippen LogP contribution in [0.2, 0.25) is 0 Å². The second-order valence-electron chi connectivity index (χ2n) is 7.00. The summed E-state index contributed by atoms with van der Waals surface area (Å²) in [5, 5.41) is 12.4. The Morgan fingerprint density at radius 1 is 1.22 bits per heavy atom. The predicted molar refractivity (Wildman–Crippen MR) is 104 cm³/mol. The molecule has 1 aliphatic heterocycles. The van der Waals surface area contributed by atoms with Gasteiger partial charge in [0.05, 0.1) is 12.6 Å². The van der Waals surface area contributed by atoms with E-state index in [1.807, 2.05) is 17.0 Å². The minimum Gasteiger partial charge on any atom is -0.457 e. The predicted octanol–water partition coefficient (Wildman–Crippen LogP) is 2.84. The van der Waals surface area contributed by atoms with Gasteiger partial charge in [0.1, 0.15) is 17.3 Å². The highest BCUT2D eigenvalue weighted by molar-refractivity contribution is 5.91. The fourth-order valence-electron chi connectivity index (χ4n) is 3.43. The molecule has 2 heterocycles. The van der Waals surface area contributed by atoms with Crippen LogP contribution in [0.4, 0.5) is 5.82 Å². The van der Waals surface area contributed by atoms with Gasteiger partial charge in [-0.05, 0) is 48.6 Å². The van der Waals surface area contributed by atoms with Gasteiger partial charge in [-0.25, -0.2) is 4.98 Å². The van der Waals surface area contributed by atoms with Gasteiger partial charge in [-0.1, -0.05) is 18.2 Å². The number of piperidine rings is 1. The summed E-state index contributed by atoms with van der Waals surface area (Å²) in [6.07, 6.45) is 8.01. The number of ether oxygens (including phenoxy) is 1. The van der Waals surface area contributed by atoms with Gasteiger partial charge in [-0.2, -0.15) is 0 Å². The van der Waals surface area contributed by atoms with Crippen LogP contribution in [-0.2, 0) is 11.2 Å². The molecule has 1 saturated heterocycles. The molecule has 1 aliphatic carbocycles. The number of fused-ring (bicyclic) bond motifs is 1. The third-order valence-electron chi connectivity index (χ3n) is 4.91. The van der Waals surface area contributed by atoms with Crippen LogP contribution < -0.4 is 10.1 Å². The number of anilines is 1. The molecule has 1 aromatic carbocycles. The van der Waals surface area contributed by atoms with E-state index in [-0.39, 0.29) is 12.0 Å². The van der Waals surface area contributed by atoms with E-state index in [0.717, 1.165) is 25.3 Å². The molecule has 0 bridgehead atoms. The summed E-state index contributed by atoms with van der Waals surface area (Å²) in [7, 11) is 0. The molecule has 0 radical (unpaired) electrons. The zero-order chi connectivity index (χ0) is 18.6. The Morgan fingerprint density at radius 2 is 2.04 bits per heavy atom. The first-order chi connectivity index (χ1) is 13.2. The first-order valence-electron chi connectivity index (χ1n) is 9.29. The van der Waals surface area contributed by atoms with Crippen molar-refractivity contribution in [3.63, 3.8) is 0 Å². The third kappa shape index (κ3) is 4.53. The van der Waals surface area contributed by atoms with Gasteiger partial charge in [0.15, 0.2) is 0 Å². The molecule has 1 amide bonds. The standard InChI is InChI=1S/C21H23N3O3/c25-17-7-10-24(11-8-17)14-21(26)23-20-13-19(6-9-22-20)27-18-5-4-15-2-1-3-16(15)12-18/h1,3-6,9,12-13,17,25H,2,7-8,10-11,14H2,(H,22,23,26). The number of hydrogen-bond acceptors (Lipinski definition) is 5. The number of nitrogens with one attached hydrogen (secondary N) is 1. The molecule has 6 nitrogen and oxygen atoms in total. The van der Waals surface area contributed by atoms with Gasteiger partial charge >= 0.3 is 0 Å². The summed E-state index contributed by atoms with van der Waals surface area (Å²) in [4.78, 5) is 18.5. The van der Waals surface area contributed by atoms with Crippen molar-refractivity contribution in [3.05, 3.63) is 53.7 Å². The van der Waals surface area contributed by atoms with Crippen molar-refractivity contribution >= 4 is 17.8 Å². The third-order valence-corrected chi connectivity index (χ3v) is 4.91. The number of aromatic nitrogens is 1. The van der Waals surface area contributed by atoms with Crippen LogP contribution in [0.3, 0.4) is 0 Å². The van der Waals surface area contributed by atoms with Crippen LogP contribution in [0.15, 0.2) is 42.6 Å². The topological polar surface area (TPSA) is 74.7 Å². The Bertz CT molecular complexity index is 858. The summed E-state index contributed by atoms with van der Waals surface area (Å²) in [5.41, 5.74) is 2.48. The van der Waals surface area contributed by atoms with Crippen molar-refractivity contribution in [1.82, 2.24) is 9.88 Å². The number of carbonyl (C=O) groups excluding carboxylic acids is 1. The van der Waals surface area contributed by atoms with Gasteiger partial charge < -0.3 is 15.2 Å². The summed E-state index contributed by atoms with van der Waals surface area (Å²) in [6, 6.07) is 9.54. The molecule has 0 atom stereocenters. The maximum Gasteiger partial charge on any atom is 0.239 e. The number of likely N-dealkylation sites (tertiary alicyclic amines) is 1. The van der Waals surface area contributed by atoms with Gasteiger partial charge in [-0.3, -0.25) is 9.69 Å². The number of pyridine rings is 1. The molecular formula is C21H23N3O3. The maximum absolute atomic E-state index is 12.3. The molecule has 0 unspecified atom stereocenters. The van der Waals surface area contributed by atoms with E-state index >= 15 is 0 Å². The SMILES string of the molecule is O=C(CN1CCC(O)CC1)Nc1cc(Oc2ccc3c(c2)C=CC3)ccn1. The Labute approximate surface area is 158 Å². The van der Waals surface area contributed by atoms with Crippen LogP contribution in [-0.4, -0.2) is 46.6 Å². The van der Waals surface area contributed by atoms with Crippen LogP contribution in [0.1, 0.15) is 24.0 Å². The summed E-state index contributed by atoms with van der Waals surface area (Å²) in [5.74, 6) is 1.74. The number of aliphatic hydroxyl groups excluding tert-OH is 1. The summed E-state index contributed by atoms with van der Waals surface area (Å²) >= 11 is 0. The highest BCUT2D eigenvalue weighted by atomic mass is 16.5. The Kier molecular flexibility index (Phi) is 5.18. The molecule has 1 fully saturated rings. The quantitative estimate of drug-likeness (QED) is 0.852. The molecule has 27 heavy (non-hydrogen) atoms. The highest BCUT2D eigenvalue weighted by Gasteiger charge is 2.19. The maximum atomic E-state index is 12.3. The largest absolute Gasteiger partial charge is 0.457 e. The summed E-state index contributed by atoms with van der Waals surface area (Å²) < 4.78 is 5.92. The lowest BCUT2D eigenvalue weighted by Gasteiger charge is -2.28. The molecule has 1 aromatic heterocycles. The van der Waals surface area contributed by atoms with Crippen molar-refractivity contribution in [2.45, 2.75) is 25.4 Å². The average molecular weight is 365 g/mol. The molecule has 0 spiro atoms. The van der Waals surface area contributed by atoms with Crippen molar-refractivity contribution in [2.75, 3.05) is 25.0 Å². The average Bonchev–Trinajstić information content (AvgIpc) is 3.12. The number of rotatable bonds is 5. The Hall–Kier alpha value is -2.70. The van der Waals surface area contributed by atoms with E-state index < -0.39 is 0 Å². The molecule has 2 N–H and O–H groups in total. The van der Waals surface area contributed by atoms with Crippen molar-refractivity contribution in [3.8, 4) is 11.5 Å². The number of amides is 1. The Balaban J connectivity index is 1.36. The second-order valence-corrected chi connectivity index (χ2v) is 7.00. The fourth-order valence-corrected chi connectivity index (χ4v) is 3.43. The number of nitrogens with zero attached hydrogens (tertiary/aromatic N) is 2. The van der Waals surface area contributed by atoms with Crippen molar-refractivity contribution < 1.29 is 14.6 Å². The number of benzene rings is 1. The lowest BCUT2D eigenvalue weighted by Crippen LogP contribution is -2.40. The van der Waals surface area contributed by atoms with E-state index in [4.69, 9.17) is 4.74 Å². The zero-order valence-corrected chi connectivity index (χ0v) is 15.1. The van der Waals surface area contributed by atoms with Crippen molar-refractivity contribution in [2.24, 2.45) is 0 Å². The van der Waals surface area contributed by atoms with Crippen molar-refractivity contribution in [1.29, 1.82) is 0 Å². The molecule has 2 aliphatic rings. The van der Waals surface area contributed by atoms with E-state index in [9.17, 15) is 9.90 Å². The lowest BCUT2D eigenvalue weighted by atomic mass is 10.1. The number of allylic oxidation sites excluding steroid dienone is 1. The van der Waals surface area contributed by atoms with Gasteiger partial charge in [0, 0.05) is 25.4 Å². The lowest BCUT2D eigenvalue weighted by molar-refractivity contribution is -0.117. The summed E-state index contributed by atoms with van der Waals surface area (Å²) in [6.45, 7) is 1.77. The van der Waals surface area contributed by atoms with E-state index in [1.165, 1.54) is 11.1 Å².